The van der Waals surface area contributed by atoms with Gasteiger partial charge in [0.15, 0.2) is 5.16 Å². The maximum atomic E-state index is 12.0. The molecule has 3 heterocycles. The second kappa shape index (κ2) is 7.58. The summed E-state index contributed by atoms with van der Waals surface area (Å²) < 4.78 is 10.4. The first-order chi connectivity index (χ1) is 11.6. The molecule has 1 saturated heterocycles. The van der Waals surface area contributed by atoms with E-state index >= 15 is 0 Å². The van der Waals surface area contributed by atoms with Crippen LogP contribution in [0.25, 0.3) is 0 Å². The number of aliphatic imine (C=N–C) groups is 1. The van der Waals surface area contributed by atoms with Crippen molar-refractivity contribution in [3.63, 3.8) is 0 Å². The van der Waals surface area contributed by atoms with E-state index in [1.807, 2.05) is 24.9 Å². The highest BCUT2D eigenvalue weighted by Crippen LogP contribution is 2.15. The zero-order chi connectivity index (χ0) is 16.9. The third-order valence-corrected chi connectivity index (χ3v) is 4.07. The van der Waals surface area contributed by atoms with Crippen LogP contribution in [-0.4, -0.2) is 53.2 Å². The van der Waals surface area contributed by atoms with E-state index in [1.165, 1.54) is 11.8 Å². The number of hydrogen-bond donors (Lipinski definition) is 0. The molecule has 0 radical (unpaired) electrons. The van der Waals surface area contributed by atoms with Gasteiger partial charge in [-0.25, -0.2) is 15.0 Å². The first-order valence-electron chi connectivity index (χ1n) is 7.51. The lowest BCUT2D eigenvalue weighted by Crippen LogP contribution is -2.62. The van der Waals surface area contributed by atoms with Crippen LogP contribution in [0.1, 0.15) is 11.4 Å². The summed E-state index contributed by atoms with van der Waals surface area (Å²) in [7, 11) is 0. The van der Waals surface area contributed by atoms with E-state index in [4.69, 9.17) is 9.26 Å². The number of morpholine rings is 1. The zero-order valence-corrected chi connectivity index (χ0v) is 14.3. The number of thioether (sulfide) groups is 1. The third-order valence-electron chi connectivity index (χ3n) is 3.24. The predicted octanol–water partition coefficient (Wildman–Crippen LogP) is -0.480. The predicted molar refractivity (Wildman–Crippen MR) is 84.8 cm³/mol. The fourth-order valence-electron chi connectivity index (χ4n) is 2.21. The smallest absolute Gasteiger partial charge is 0.324 e. The SMILES string of the molecule is Cc1cc(C)nc(SC/C([O-])=N\c2c[n+](N3CCOCC3)no2)n1. The fraction of sp³-hybridized carbons (Fsp3) is 0.500. The average Bonchev–Trinajstić information content (AvgIpc) is 3.01. The summed E-state index contributed by atoms with van der Waals surface area (Å²) in [6, 6.07) is 1.88. The molecule has 0 N–H and O–H groups in total. The van der Waals surface area contributed by atoms with Gasteiger partial charge in [-0.3, -0.25) is 4.52 Å². The second-order valence-electron chi connectivity index (χ2n) is 5.25. The molecule has 2 aromatic rings. The zero-order valence-electron chi connectivity index (χ0n) is 13.5. The third kappa shape index (κ3) is 4.42. The maximum absolute atomic E-state index is 12.0. The van der Waals surface area contributed by atoms with Crippen molar-refractivity contribution in [1.29, 1.82) is 0 Å². The normalized spacial score (nSPS) is 15.8. The van der Waals surface area contributed by atoms with Gasteiger partial charge in [-0.15, -0.1) is 5.01 Å². The van der Waals surface area contributed by atoms with Crippen molar-refractivity contribution in [1.82, 2.24) is 15.2 Å². The van der Waals surface area contributed by atoms with Gasteiger partial charge in [-0.05, 0) is 25.8 Å². The highest BCUT2D eigenvalue weighted by atomic mass is 32.2. The van der Waals surface area contributed by atoms with Gasteiger partial charge in [0, 0.05) is 17.1 Å². The van der Waals surface area contributed by atoms with E-state index in [1.54, 1.807) is 11.0 Å². The van der Waals surface area contributed by atoms with E-state index in [0.717, 1.165) is 11.4 Å². The molecule has 3 rings (SSSR count). The topological polar surface area (TPSA) is 104 Å². The summed E-state index contributed by atoms with van der Waals surface area (Å²) in [5, 5.41) is 18.4. The molecular formula is C14H18N6O3S. The summed E-state index contributed by atoms with van der Waals surface area (Å²) in [6.45, 7) is 6.48. The van der Waals surface area contributed by atoms with Crippen LogP contribution in [0.3, 0.4) is 0 Å². The molecule has 0 unspecified atom stereocenters. The van der Waals surface area contributed by atoms with Crippen LogP contribution >= 0.6 is 11.8 Å². The standard InChI is InChI=1S/C14H18N6O3S/c1-10-7-11(2)16-14(15-10)24-9-12(21)17-13-8-20(18-23-13)19-3-5-22-6-4-19/h7-8H,3-6,9H2,1-2H3. The van der Waals surface area contributed by atoms with Crippen LogP contribution in [0.2, 0.25) is 0 Å². The monoisotopic (exact) mass is 350 g/mol. The van der Waals surface area contributed by atoms with Gasteiger partial charge in [0.1, 0.15) is 0 Å². The Morgan fingerprint density at radius 3 is 2.75 bits per heavy atom. The van der Waals surface area contributed by atoms with Crippen LogP contribution in [0, 0.1) is 13.8 Å². The highest BCUT2D eigenvalue weighted by molar-refractivity contribution is 7.99. The Hall–Kier alpha value is -2.20. The molecule has 0 aliphatic carbocycles. The van der Waals surface area contributed by atoms with E-state index < -0.39 is 0 Å². The molecule has 0 bridgehead atoms. The van der Waals surface area contributed by atoms with Gasteiger partial charge in [-0.2, -0.15) is 0 Å². The Bertz CT molecular complexity index is 709. The van der Waals surface area contributed by atoms with Crippen LogP contribution in [-0.2, 0) is 4.74 Å². The lowest BCUT2D eigenvalue weighted by Gasteiger charge is -2.18. The Kier molecular flexibility index (Phi) is 5.26. The largest absolute Gasteiger partial charge is 0.861 e. The quantitative estimate of drug-likeness (QED) is 0.234. The molecule has 0 amide bonds. The van der Waals surface area contributed by atoms with Gasteiger partial charge in [0.25, 0.3) is 6.20 Å². The number of aryl methyl sites for hydroxylation is 2. The molecule has 0 spiro atoms. The summed E-state index contributed by atoms with van der Waals surface area (Å²) in [6.07, 6.45) is 1.58. The Balaban J connectivity index is 1.60. The molecule has 1 aliphatic heterocycles. The van der Waals surface area contributed by atoms with Gasteiger partial charge in [0.05, 0.1) is 31.1 Å². The summed E-state index contributed by atoms with van der Waals surface area (Å²) in [4.78, 5) is 14.0. The molecule has 24 heavy (non-hydrogen) atoms. The van der Waals surface area contributed by atoms with Crippen LogP contribution in [0.5, 0.6) is 0 Å². The van der Waals surface area contributed by atoms with E-state index in [-0.39, 0.29) is 17.5 Å². The van der Waals surface area contributed by atoms with Gasteiger partial charge >= 0.3 is 5.88 Å². The molecule has 0 saturated carbocycles. The van der Waals surface area contributed by atoms with Crippen LogP contribution < -0.4 is 14.9 Å². The van der Waals surface area contributed by atoms with Crippen LogP contribution in [0.4, 0.5) is 5.88 Å². The van der Waals surface area contributed by atoms with Crippen molar-refractivity contribution in [3.05, 3.63) is 23.7 Å². The van der Waals surface area contributed by atoms with Gasteiger partial charge < -0.3 is 9.84 Å². The molecule has 2 aromatic heterocycles. The number of nitrogens with zero attached hydrogens (tertiary/aromatic N) is 6. The maximum Gasteiger partial charge on any atom is 0.324 e. The number of ether oxygens (including phenoxy) is 1. The first-order valence-corrected chi connectivity index (χ1v) is 8.50. The van der Waals surface area contributed by atoms with Crippen LogP contribution in [0.15, 0.2) is 26.9 Å². The van der Waals surface area contributed by atoms with Crippen molar-refractivity contribution in [3.8, 4) is 0 Å². The van der Waals surface area contributed by atoms with Gasteiger partial charge in [-0.1, -0.05) is 11.8 Å². The second-order valence-corrected chi connectivity index (χ2v) is 6.20. The molecule has 128 valence electrons. The summed E-state index contributed by atoms with van der Waals surface area (Å²) in [5.41, 5.74) is 1.74. The minimum Gasteiger partial charge on any atom is -0.861 e. The minimum absolute atomic E-state index is 0.140. The average molecular weight is 350 g/mol. The molecular weight excluding hydrogens is 332 g/mol. The Morgan fingerprint density at radius 1 is 1.33 bits per heavy atom. The fourth-order valence-corrected chi connectivity index (χ4v) is 2.94. The minimum atomic E-state index is -0.326. The van der Waals surface area contributed by atoms with E-state index in [2.05, 4.69) is 20.2 Å². The highest BCUT2D eigenvalue weighted by Gasteiger charge is 2.22. The molecule has 10 heteroatoms. The van der Waals surface area contributed by atoms with E-state index in [9.17, 15) is 5.11 Å². The molecule has 9 nitrogen and oxygen atoms in total. The van der Waals surface area contributed by atoms with Crippen molar-refractivity contribution < 1.29 is 19.2 Å². The molecule has 0 atom stereocenters. The van der Waals surface area contributed by atoms with Crippen molar-refractivity contribution in [2.45, 2.75) is 19.0 Å². The molecule has 1 aliphatic rings. The molecule has 0 aromatic carbocycles. The Labute approximate surface area is 143 Å². The van der Waals surface area contributed by atoms with Crippen molar-refractivity contribution in [2.24, 2.45) is 4.99 Å². The number of hydrogen-bond acceptors (Lipinski definition) is 9. The Morgan fingerprint density at radius 2 is 2.04 bits per heavy atom. The van der Waals surface area contributed by atoms with Crippen molar-refractivity contribution >= 4 is 23.5 Å². The van der Waals surface area contributed by atoms with Crippen molar-refractivity contribution in [2.75, 3.05) is 37.1 Å². The molecule has 1 fully saturated rings. The lowest BCUT2D eigenvalue weighted by molar-refractivity contribution is -0.759. The first kappa shape index (κ1) is 16.7. The summed E-state index contributed by atoms with van der Waals surface area (Å²) in [5.74, 6) is -0.0114. The lowest BCUT2D eigenvalue weighted by atomic mass is 10.4. The summed E-state index contributed by atoms with van der Waals surface area (Å²) >= 11 is 1.25. The number of rotatable bonds is 5. The van der Waals surface area contributed by atoms with Gasteiger partial charge in [0.2, 0.25) is 5.27 Å². The number of aromatic nitrogens is 4. The van der Waals surface area contributed by atoms with E-state index in [0.29, 0.717) is 31.5 Å².